The highest BCUT2D eigenvalue weighted by molar-refractivity contribution is 5.94. The third-order valence-electron chi connectivity index (χ3n) is 5.66. The second kappa shape index (κ2) is 8.63. The molecule has 1 fully saturated rings. The maximum Gasteiger partial charge on any atom is 0.254 e. The summed E-state index contributed by atoms with van der Waals surface area (Å²) in [4.78, 5) is 21.7. The number of aromatic hydroxyl groups is 1. The van der Waals surface area contributed by atoms with Crippen molar-refractivity contribution in [3.05, 3.63) is 90.4 Å². The summed E-state index contributed by atoms with van der Waals surface area (Å²) in [7, 11) is 0. The maximum absolute atomic E-state index is 13.0. The van der Waals surface area contributed by atoms with E-state index in [1.165, 1.54) is 0 Å². The predicted octanol–water partition coefficient (Wildman–Crippen LogP) is 3.58. The highest BCUT2D eigenvalue weighted by Crippen LogP contribution is 2.21. The largest absolute Gasteiger partial charge is 0.508 e. The third-order valence-corrected chi connectivity index (χ3v) is 5.66. The minimum absolute atomic E-state index is 0.00790. The van der Waals surface area contributed by atoms with Crippen LogP contribution >= 0.6 is 0 Å². The molecular formula is C25H24N4O3. The molecule has 3 heterocycles. The molecule has 0 radical (unpaired) electrons. The molecule has 162 valence electrons. The van der Waals surface area contributed by atoms with E-state index in [4.69, 9.17) is 4.74 Å². The second-order valence-electron chi connectivity index (χ2n) is 7.81. The molecule has 7 heteroatoms. The van der Waals surface area contributed by atoms with E-state index >= 15 is 0 Å². The van der Waals surface area contributed by atoms with Crippen LogP contribution in [0.1, 0.15) is 16.1 Å². The van der Waals surface area contributed by atoms with Gasteiger partial charge in [-0.3, -0.25) is 4.79 Å². The molecule has 0 bridgehead atoms. The number of aromatic nitrogens is 2. The highest BCUT2D eigenvalue weighted by atomic mass is 16.5. The molecule has 1 aliphatic rings. The molecule has 0 spiro atoms. The second-order valence-corrected chi connectivity index (χ2v) is 7.81. The highest BCUT2D eigenvalue weighted by Gasteiger charge is 2.22. The van der Waals surface area contributed by atoms with E-state index in [9.17, 15) is 9.90 Å². The van der Waals surface area contributed by atoms with Crippen LogP contribution in [0.4, 0.5) is 5.69 Å². The Morgan fingerprint density at radius 3 is 2.56 bits per heavy atom. The topological polar surface area (TPSA) is 70.3 Å². The molecule has 1 amide bonds. The van der Waals surface area contributed by atoms with Gasteiger partial charge in [0.05, 0.1) is 5.69 Å². The zero-order chi connectivity index (χ0) is 21.9. The van der Waals surface area contributed by atoms with Gasteiger partial charge in [0.25, 0.3) is 5.91 Å². The summed E-state index contributed by atoms with van der Waals surface area (Å²) in [6, 6.07) is 20.4. The Kier molecular flexibility index (Phi) is 5.37. The molecule has 0 atom stereocenters. The van der Waals surface area contributed by atoms with Crippen LogP contribution in [-0.4, -0.2) is 51.5 Å². The lowest BCUT2D eigenvalue weighted by Crippen LogP contribution is -2.48. The first kappa shape index (κ1) is 19.9. The van der Waals surface area contributed by atoms with Crippen LogP contribution in [0.15, 0.2) is 79.1 Å². The van der Waals surface area contributed by atoms with Crippen LogP contribution in [0.25, 0.3) is 5.65 Å². The average Bonchev–Trinajstić information content (AvgIpc) is 3.26. The first-order valence-electron chi connectivity index (χ1n) is 10.6. The number of fused-ring (bicyclic) bond motifs is 1. The summed E-state index contributed by atoms with van der Waals surface area (Å²) < 4.78 is 7.86. The molecular weight excluding hydrogens is 404 g/mol. The molecule has 0 saturated carbocycles. The summed E-state index contributed by atoms with van der Waals surface area (Å²) in [5, 5.41) is 9.47. The minimum atomic E-state index is 0.00790. The van der Waals surface area contributed by atoms with Crippen molar-refractivity contribution in [1.82, 2.24) is 14.3 Å². The zero-order valence-corrected chi connectivity index (χ0v) is 17.6. The maximum atomic E-state index is 13.0. The van der Waals surface area contributed by atoms with Gasteiger partial charge in [-0.05, 0) is 54.6 Å². The number of pyridine rings is 1. The lowest BCUT2D eigenvalue weighted by Gasteiger charge is -2.36. The van der Waals surface area contributed by atoms with Crippen LogP contribution < -0.4 is 9.64 Å². The van der Waals surface area contributed by atoms with Crippen molar-refractivity contribution in [2.75, 3.05) is 31.1 Å². The van der Waals surface area contributed by atoms with Crippen LogP contribution in [0.3, 0.4) is 0 Å². The molecule has 7 nitrogen and oxygen atoms in total. The van der Waals surface area contributed by atoms with Gasteiger partial charge < -0.3 is 24.0 Å². The minimum Gasteiger partial charge on any atom is -0.508 e. The number of carbonyl (C=O) groups excluding carboxylic acids is 1. The predicted molar refractivity (Wildman–Crippen MR) is 122 cm³/mol. The number of amides is 1. The summed E-state index contributed by atoms with van der Waals surface area (Å²) in [6.07, 6.45) is 3.89. The summed E-state index contributed by atoms with van der Waals surface area (Å²) in [5.41, 5.74) is 3.38. The summed E-state index contributed by atoms with van der Waals surface area (Å²) in [6.45, 7) is 3.13. The summed E-state index contributed by atoms with van der Waals surface area (Å²) >= 11 is 0. The number of imidazole rings is 1. The monoisotopic (exact) mass is 428 g/mol. The van der Waals surface area contributed by atoms with E-state index in [0.29, 0.717) is 31.0 Å². The van der Waals surface area contributed by atoms with Crippen molar-refractivity contribution >= 4 is 17.2 Å². The van der Waals surface area contributed by atoms with Crippen molar-refractivity contribution in [2.45, 2.75) is 6.61 Å². The quantitative estimate of drug-likeness (QED) is 0.526. The van der Waals surface area contributed by atoms with Crippen LogP contribution in [0.2, 0.25) is 0 Å². The van der Waals surface area contributed by atoms with Crippen molar-refractivity contribution in [3.63, 3.8) is 0 Å². The van der Waals surface area contributed by atoms with Gasteiger partial charge in [-0.2, -0.15) is 0 Å². The molecule has 32 heavy (non-hydrogen) atoms. The Morgan fingerprint density at radius 2 is 1.78 bits per heavy atom. The normalized spacial score (nSPS) is 14.0. The van der Waals surface area contributed by atoms with E-state index in [1.54, 1.807) is 18.2 Å². The van der Waals surface area contributed by atoms with Gasteiger partial charge in [0, 0.05) is 49.8 Å². The van der Waals surface area contributed by atoms with Crippen molar-refractivity contribution in [1.29, 1.82) is 0 Å². The lowest BCUT2D eigenvalue weighted by atomic mass is 10.1. The molecule has 0 aliphatic carbocycles. The Bertz CT molecular complexity index is 1190. The number of benzene rings is 2. The van der Waals surface area contributed by atoms with Crippen LogP contribution in [-0.2, 0) is 6.61 Å². The molecule has 2 aromatic heterocycles. The first-order chi connectivity index (χ1) is 15.7. The van der Waals surface area contributed by atoms with E-state index in [0.717, 1.165) is 30.1 Å². The number of hydrogen-bond acceptors (Lipinski definition) is 5. The van der Waals surface area contributed by atoms with Gasteiger partial charge in [0.15, 0.2) is 0 Å². The Hall–Kier alpha value is -4.00. The standard InChI is InChI=1S/C25H24N4O3/c30-22-9-7-21(8-10-22)27-12-14-28(15-13-27)25(31)19-4-3-5-23(16-19)32-18-20-17-29-11-2-1-6-24(29)26-20/h1-11,16-17,30H,12-15,18H2. The number of rotatable bonds is 5. The number of carbonyl (C=O) groups is 1. The number of nitrogens with zero attached hydrogens (tertiary/aromatic N) is 4. The molecule has 4 aromatic rings. The SMILES string of the molecule is O=C(c1cccc(OCc2cn3ccccc3n2)c1)N1CCN(c2ccc(O)cc2)CC1. The van der Waals surface area contributed by atoms with E-state index in [-0.39, 0.29) is 11.7 Å². The molecule has 2 aromatic carbocycles. The molecule has 1 aliphatic heterocycles. The van der Waals surface area contributed by atoms with E-state index < -0.39 is 0 Å². The Labute approximate surface area is 186 Å². The smallest absolute Gasteiger partial charge is 0.254 e. The summed E-state index contributed by atoms with van der Waals surface area (Å²) in [5.74, 6) is 0.912. The van der Waals surface area contributed by atoms with E-state index in [2.05, 4.69) is 9.88 Å². The molecule has 5 rings (SSSR count). The van der Waals surface area contributed by atoms with Crippen molar-refractivity contribution < 1.29 is 14.6 Å². The fraction of sp³-hybridized carbons (Fsp3) is 0.200. The molecule has 1 saturated heterocycles. The Balaban J connectivity index is 1.20. The van der Waals surface area contributed by atoms with Crippen molar-refractivity contribution in [3.8, 4) is 11.5 Å². The number of anilines is 1. The fourth-order valence-corrected chi connectivity index (χ4v) is 3.95. The lowest BCUT2D eigenvalue weighted by molar-refractivity contribution is 0.0746. The molecule has 1 N–H and O–H groups in total. The first-order valence-corrected chi connectivity index (χ1v) is 10.6. The van der Waals surface area contributed by atoms with Gasteiger partial charge in [-0.15, -0.1) is 0 Å². The fourth-order valence-electron chi connectivity index (χ4n) is 3.95. The molecule has 0 unspecified atom stereocenters. The third kappa shape index (κ3) is 4.23. The van der Waals surface area contributed by atoms with Gasteiger partial charge in [0.2, 0.25) is 0 Å². The number of phenolic OH excluding ortho intramolecular Hbond substituents is 1. The Morgan fingerprint density at radius 1 is 0.969 bits per heavy atom. The number of ether oxygens (including phenoxy) is 1. The van der Waals surface area contributed by atoms with Gasteiger partial charge in [-0.1, -0.05) is 12.1 Å². The van der Waals surface area contributed by atoms with Gasteiger partial charge in [0.1, 0.15) is 23.8 Å². The van der Waals surface area contributed by atoms with Crippen LogP contribution in [0.5, 0.6) is 11.5 Å². The van der Waals surface area contributed by atoms with Crippen LogP contribution in [0, 0.1) is 0 Å². The van der Waals surface area contributed by atoms with Gasteiger partial charge >= 0.3 is 0 Å². The number of piperazine rings is 1. The average molecular weight is 428 g/mol. The number of phenols is 1. The zero-order valence-electron chi connectivity index (χ0n) is 17.6. The van der Waals surface area contributed by atoms with E-state index in [1.807, 2.05) is 70.2 Å². The van der Waals surface area contributed by atoms with Crippen molar-refractivity contribution in [2.24, 2.45) is 0 Å². The van der Waals surface area contributed by atoms with Gasteiger partial charge in [-0.25, -0.2) is 4.98 Å². The number of hydrogen-bond donors (Lipinski definition) is 1.